The SMILES string of the molecule is Nc1nc(-c2cnccc2-c2ccn[nH]2)cc2cc(NC=O)ncc12. The number of nitrogens with zero attached hydrogens (tertiary/aromatic N) is 4. The Hall–Kier alpha value is -3.81. The number of rotatable bonds is 4. The van der Waals surface area contributed by atoms with Gasteiger partial charge in [0.1, 0.15) is 11.6 Å². The zero-order valence-electron chi connectivity index (χ0n) is 13.0. The lowest BCUT2D eigenvalue weighted by Crippen LogP contribution is -1.99. The fraction of sp³-hybridized carbons (Fsp3) is 0. The Labute approximate surface area is 142 Å². The number of anilines is 2. The number of nitrogens with one attached hydrogen (secondary N) is 2. The summed E-state index contributed by atoms with van der Waals surface area (Å²) in [4.78, 5) is 23.5. The molecule has 0 saturated heterocycles. The smallest absolute Gasteiger partial charge is 0.212 e. The molecule has 25 heavy (non-hydrogen) atoms. The molecular formula is C17H13N7O. The first-order chi connectivity index (χ1) is 12.3. The van der Waals surface area contributed by atoms with Gasteiger partial charge in [0.15, 0.2) is 0 Å². The molecule has 0 aliphatic heterocycles. The normalized spacial score (nSPS) is 10.7. The van der Waals surface area contributed by atoms with Gasteiger partial charge in [0, 0.05) is 41.3 Å². The van der Waals surface area contributed by atoms with Crippen LogP contribution in [-0.2, 0) is 4.79 Å². The number of carbonyl (C=O) groups is 1. The first kappa shape index (κ1) is 14.8. The van der Waals surface area contributed by atoms with Crippen LogP contribution in [0.1, 0.15) is 0 Å². The number of hydrogen-bond acceptors (Lipinski definition) is 6. The molecular weight excluding hydrogens is 318 g/mol. The summed E-state index contributed by atoms with van der Waals surface area (Å²) in [6.07, 6.45) is 7.30. The van der Waals surface area contributed by atoms with Crippen molar-refractivity contribution in [1.29, 1.82) is 0 Å². The molecule has 4 aromatic heterocycles. The highest BCUT2D eigenvalue weighted by Gasteiger charge is 2.12. The number of hydrogen-bond donors (Lipinski definition) is 3. The van der Waals surface area contributed by atoms with E-state index in [1.54, 1.807) is 30.9 Å². The second-order valence-electron chi connectivity index (χ2n) is 5.34. The molecule has 8 heteroatoms. The fourth-order valence-electron chi connectivity index (χ4n) is 2.69. The Bertz CT molecular complexity index is 1060. The predicted octanol–water partition coefficient (Wildman–Crippen LogP) is 2.23. The van der Waals surface area contributed by atoms with Gasteiger partial charge in [-0.05, 0) is 29.7 Å². The molecule has 0 atom stereocenters. The average Bonchev–Trinajstić information content (AvgIpc) is 3.16. The number of H-pyrrole nitrogens is 1. The van der Waals surface area contributed by atoms with Crippen molar-refractivity contribution >= 4 is 28.8 Å². The Kier molecular flexibility index (Phi) is 3.55. The van der Waals surface area contributed by atoms with Crippen molar-refractivity contribution in [1.82, 2.24) is 25.1 Å². The number of aromatic nitrogens is 5. The molecule has 0 saturated carbocycles. The topological polar surface area (TPSA) is 122 Å². The highest BCUT2D eigenvalue weighted by atomic mass is 16.1. The number of nitrogens with two attached hydrogens (primary N) is 1. The summed E-state index contributed by atoms with van der Waals surface area (Å²) < 4.78 is 0. The van der Waals surface area contributed by atoms with E-state index >= 15 is 0 Å². The minimum Gasteiger partial charge on any atom is -0.383 e. The quantitative estimate of drug-likeness (QED) is 0.493. The van der Waals surface area contributed by atoms with Gasteiger partial charge in [-0.15, -0.1) is 0 Å². The first-order valence-corrected chi connectivity index (χ1v) is 7.47. The highest BCUT2D eigenvalue weighted by Crippen LogP contribution is 2.32. The van der Waals surface area contributed by atoms with Gasteiger partial charge >= 0.3 is 0 Å². The molecule has 0 aromatic carbocycles. The third kappa shape index (κ3) is 2.65. The number of nitrogen functional groups attached to an aromatic ring is 1. The maximum absolute atomic E-state index is 10.6. The lowest BCUT2D eigenvalue weighted by molar-refractivity contribution is -0.105. The maximum atomic E-state index is 10.6. The van der Waals surface area contributed by atoms with E-state index in [9.17, 15) is 4.79 Å². The van der Waals surface area contributed by atoms with Gasteiger partial charge in [-0.1, -0.05) is 0 Å². The minimum atomic E-state index is 0.358. The Balaban J connectivity index is 1.92. The zero-order valence-corrected chi connectivity index (χ0v) is 13.0. The van der Waals surface area contributed by atoms with E-state index in [1.807, 2.05) is 18.2 Å². The van der Waals surface area contributed by atoms with Crippen molar-refractivity contribution in [3.8, 4) is 22.5 Å². The van der Waals surface area contributed by atoms with E-state index in [4.69, 9.17) is 5.73 Å². The number of carbonyl (C=O) groups excluding carboxylic acids is 1. The van der Waals surface area contributed by atoms with Crippen LogP contribution in [-0.4, -0.2) is 31.6 Å². The summed E-state index contributed by atoms with van der Waals surface area (Å²) in [6, 6.07) is 7.40. The fourth-order valence-corrected chi connectivity index (χ4v) is 2.69. The molecule has 0 aliphatic carbocycles. The van der Waals surface area contributed by atoms with E-state index in [2.05, 4.69) is 30.5 Å². The Morgan fingerprint density at radius 3 is 2.84 bits per heavy atom. The lowest BCUT2D eigenvalue weighted by atomic mass is 10.0. The molecule has 4 aromatic rings. The summed E-state index contributed by atoms with van der Waals surface area (Å²) in [5.41, 5.74) is 9.37. The van der Waals surface area contributed by atoms with Crippen LogP contribution >= 0.6 is 0 Å². The number of fused-ring (bicyclic) bond motifs is 1. The van der Waals surface area contributed by atoms with E-state index in [-0.39, 0.29) is 0 Å². The number of amides is 1. The van der Waals surface area contributed by atoms with Crippen molar-refractivity contribution in [2.24, 2.45) is 0 Å². The molecule has 0 spiro atoms. The maximum Gasteiger partial charge on any atom is 0.212 e. The largest absolute Gasteiger partial charge is 0.383 e. The molecule has 4 rings (SSSR count). The highest BCUT2D eigenvalue weighted by molar-refractivity contribution is 5.96. The van der Waals surface area contributed by atoms with Gasteiger partial charge in [-0.3, -0.25) is 14.9 Å². The molecule has 1 amide bonds. The van der Waals surface area contributed by atoms with Crippen LogP contribution in [0.15, 0.2) is 49.1 Å². The van der Waals surface area contributed by atoms with Gasteiger partial charge in [0.05, 0.1) is 11.4 Å². The molecule has 0 unspecified atom stereocenters. The molecule has 0 bridgehead atoms. The molecule has 0 radical (unpaired) electrons. The van der Waals surface area contributed by atoms with E-state index in [0.29, 0.717) is 29.1 Å². The van der Waals surface area contributed by atoms with Crippen molar-refractivity contribution in [3.63, 3.8) is 0 Å². The molecule has 4 heterocycles. The predicted molar refractivity (Wildman–Crippen MR) is 94.4 cm³/mol. The van der Waals surface area contributed by atoms with Gasteiger partial charge < -0.3 is 11.1 Å². The van der Waals surface area contributed by atoms with E-state index < -0.39 is 0 Å². The number of pyridine rings is 3. The third-order valence-corrected chi connectivity index (χ3v) is 3.84. The molecule has 122 valence electrons. The summed E-state index contributed by atoms with van der Waals surface area (Å²) >= 11 is 0. The van der Waals surface area contributed by atoms with Crippen molar-refractivity contribution in [3.05, 3.63) is 49.1 Å². The second kappa shape index (κ2) is 6.00. The van der Waals surface area contributed by atoms with Gasteiger partial charge in [0.25, 0.3) is 0 Å². The molecule has 0 fully saturated rings. The van der Waals surface area contributed by atoms with Gasteiger partial charge in [-0.2, -0.15) is 5.10 Å². The first-order valence-electron chi connectivity index (χ1n) is 7.47. The minimum absolute atomic E-state index is 0.358. The second-order valence-corrected chi connectivity index (χ2v) is 5.34. The number of aromatic amines is 1. The van der Waals surface area contributed by atoms with Crippen LogP contribution in [0.5, 0.6) is 0 Å². The van der Waals surface area contributed by atoms with Crippen LogP contribution in [0.2, 0.25) is 0 Å². The van der Waals surface area contributed by atoms with Crippen molar-refractivity contribution in [2.45, 2.75) is 0 Å². The van der Waals surface area contributed by atoms with Crippen LogP contribution in [0, 0.1) is 0 Å². The monoisotopic (exact) mass is 331 g/mol. The van der Waals surface area contributed by atoms with E-state index in [0.717, 1.165) is 22.2 Å². The van der Waals surface area contributed by atoms with Gasteiger partial charge in [0.2, 0.25) is 6.41 Å². The zero-order chi connectivity index (χ0) is 17.2. The van der Waals surface area contributed by atoms with Crippen molar-refractivity contribution < 1.29 is 4.79 Å². The van der Waals surface area contributed by atoms with E-state index in [1.165, 1.54) is 0 Å². The molecule has 4 N–H and O–H groups in total. The Morgan fingerprint density at radius 2 is 2.04 bits per heavy atom. The Morgan fingerprint density at radius 1 is 1.12 bits per heavy atom. The lowest BCUT2D eigenvalue weighted by Gasteiger charge is -2.10. The summed E-state index contributed by atoms with van der Waals surface area (Å²) in [7, 11) is 0. The van der Waals surface area contributed by atoms with Crippen LogP contribution in [0.3, 0.4) is 0 Å². The standard InChI is InChI=1S/C17H13N7O/c18-17-12-8-20-16(21-9-25)6-10(12)5-15(23-17)13-7-19-3-1-11(13)14-2-4-22-24-14/h1-9H,(H2,18,23)(H,22,24)(H,20,21,25). The van der Waals surface area contributed by atoms with Crippen LogP contribution in [0.25, 0.3) is 33.3 Å². The van der Waals surface area contributed by atoms with Crippen LogP contribution < -0.4 is 11.1 Å². The summed E-state index contributed by atoms with van der Waals surface area (Å²) in [5.74, 6) is 0.802. The summed E-state index contributed by atoms with van der Waals surface area (Å²) in [6.45, 7) is 0. The van der Waals surface area contributed by atoms with Crippen LogP contribution in [0.4, 0.5) is 11.6 Å². The summed E-state index contributed by atoms with van der Waals surface area (Å²) in [5, 5.41) is 11.0. The average molecular weight is 331 g/mol. The molecule has 8 nitrogen and oxygen atoms in total. The van der Waals surface area contributed by atoms with Gasteiger partial charge in [-0.25, -0.2) is 9.97 Å². The third-order valence-electron chi connectivity index (χ3n) is 3.84. The van der Waals surface area contributed by atoms with Crippen molar-refractivity contribution in [2.75, 3.05) is 11.1 Å². The molecule has 0 aliphatic rings.